The Morgan fingerprint density at radius 2 is 2.21 bits per heavy atom. The fourth-order valence-electron chi connectivity index (χ4n) is 1.94. The molecule has 82 valence electrons. The molecule has 0 saturated heterocycles. The highest BCUT2D eigenvalue weighted by Crippen LogP contribution is 2.42. The van der Waals surface area contributed by atoms with Crippen LogP contribution in [-0.4, -0.2) is 19.0 Å². The highest BCUT2D eigenvalue weighted by Gasteiger charge is 2.37. The molecule has 0 aromatic heterocycles. The van der Waals surface area contributed by atoms with E-state index in [1.54, 1.807) is 0 Å². The number of hydrogen-bond donors (Lipinski definition) is 2. The van der Waals surface area contributed by atoms with Gasteiger partial charge in [0.25, 0.3) is 0 Å². The summed E-state index contributed by atoms with van der Waals surface area (Å²) in [4.78, 5) is 11.5. The van der Waals surface area contributed by atoms with Gasteiger partial charge in [0.05, 0.1) is 0 Å². The van der Waals surface area contributed by atoms with Gasteiger partial charge >= 0.3 is 0 Å². The first-order valence-electron chi connectivity index (χ1n) is 5.69. The van der Waals surface area contributed by atoms with Crippen LogP contribution in [0.25, 0.3) is 0 Å². The van der Waals surface area contributed by atoms with E-state index in [4.69, 9.17) is 5.73 Å². The SMILES string of the molecule is CCCCNC(=O)CC1(CN)CCC1. The van der Waals surface area contributed by atoms with Crippen LogP contribution >= 0.6 is 0 Å². The quantitative estimate of drug-likeness (QED) is 0.634. The van der Waals surface area contributed by atoms with Crippen molar-refractivity contribution in [3.05, 3.63) is 0 Å². The molecule has 1 rings (SSSR count). The van der Waals surface area contributed by atoms with E-state index in [1.165, 1.54) is 6.42 Å². The first-order valence-corrected chi connectivity index (χ1v) is 5.69. The zero-order valence-electron chi connectivity index (χ0n) is 9.14. The van der Waals surface area contributed by atoms with Crippen LogP contribution in [0.15, 0.2) is 0 Å². The van der Waals surface area contributed by atoms with E-state index in [2.05, 4.69) is 12.2 Å². The number of hydrogen-bond acceptors (Lipinski definition) is 2. The van der Waals surface area contributed by atoms with E-state index in [0.29, 0.717) is 13.0 Å². The summed E-state index contributed by atoms with van der Waals surface area (Å²) in [5, 5.41) is 2.95. The predicted molar refractivity (Wildman–Crippen MR) is 57.9 cm³/mol. The highest BCUT2D eigenvalue weighted by atomic mass is 16.1. The lowest BCUT2D eigenvalue weighted by atomic mass is 9.66. The van der Waals surface area contributed by atoms with E-state index in [9.17, 15) is 4.79 Å². The molecule has 0 aromatic rings. The van der Waals surface area contributed by atoms with Crippen molar-refractivity contribution >= 4 is 5.91 Å². The number of carbonyl (C=O) groups is 1. The first kappa shape index (κ1) is 11.5. The predicted octanol–water partition coefficient (Wildman–Crippen LogP) is 1.42. The third kappa shape index (κ3) is 2.98. The molecule has 14 heavy (non-hydrogen) atoms. The molecule has 3 heteroatoms. The second kappa shape index (κ2) is 5.35. The number of nitrogens with one attached hydrogen (secondary N) is 1. The van der Waals surface area contributed by atoms with Crippen molar-refractivity contribution in [2.24, 2.45) is 11.1 Å². The van der Waals surface area contributed by atoms with Gasteiger partial charge in [-0.1, -0.05) is 19.8 Å². The summed E-state index contributed by atoms with van der Waals surface area (Å²) in [6.45, 7) is 3.60. The molecule has 0 unspecified atom stereocenters. The van der Waals surface area contributed by atoms with Crippen LogP contribution in [0.2, 0.25) is 0 Å². The van der Waals surface area contributed by atoms with Crippen LogP contribution in [0, 0.1) is 5.41 Å². The molecule has 1 aliphatic carbocycles. The molecule has 3 nitrogen and oxygen atoms in total. The fourth-order valence-corrected chi connectivity index (χ4v) is 1.94. The van der Waals surface area contributed by atoms with E-state index in [-0.39, 0.29) is 11.3 Å². The fraction of sp³-hybridized carbons (Fsp3) is 0.909. The van der Waals surface area contributed by atoms with Crippen LogP contribution < -0.4 is 11.1 Å². The van der Waals surface area contributed by atoms with Crippen molar-refractivity contribution in [2.45, 2.75) is 45.4 Å². The Balaban J connectivity index is 2.18. The smallest absolute Gasteiger partial charge is 0.220 e. The van der Waals surface area contributed by atoms with Gasteiger partial charge in [-0.15, -0.1) is 0 Å². The van der Waals surface area contributed by atoms with Gasteiger partial charge in [0.1, 0.15) is 0 Å². The van der Waals surface area contributed by atoms with Crippen molar-refractivity contribution in [1.82, 2.24) is 5.32 Å². The molecule has 1 amide bonds. The van der Waals surface area contributed by atoms with Crippen LogP contribution in [0.3, 0.4) is 0 Å². The minimum atomic E-state index is 0.149. The first-order chi connectivity index (χ1) is 6.72. The van der Waals surface area contributed by atoms with Crippen molar-refractivity contribution in [2.75, 3.05) is 13.1 Å². The molecule has 0 aliphatic heterocycles. The average Bonchev–Trinajstić information content (AvgIpc) is 2.12. The summed E-state index contributed by atoms with van der Waals surface area (Å²) in [6.07, 6.45) is 6.33. The number of carbonyl (C=O) groups excluding carboxylic acids is 1. The number of rotatable bonds is 6. The summed E-state index contributed by atoms with van der Waals surface area (Å²) >= 11 is 0. The molecule has 1 aliphatic rings. The maximum atomic E-state index is 11.5. The van der Waals surface area contributed by atoms with Gasteiger partial charge in [-0.3, -0.25) is 4.79 Å². The zero-order chi connectivity index (χ0) is 10.4. The van der Waals surface area contributed by atoms with E-state index in [0.717, 1.165) is 32.2 Å². The molecule has 0 atom stereocenters. The molecule has 0 bridgehead atoms. The van der Waals surface area contributed by atoms with Gasteiger partial charge in [0.2, 0.25) is 5.91 Å². The lowest BCUT2D eigenvalue weighted by molar-refractivity contribution is -0.124. The Morgan fingerprint density at radius 1 is 1.50 bits per heavy atom. The van der Waals surface area contributed by atoms with Gasteiger partial charge in [-0.05, 0) is 31.2 Å². The van der Waals surface area contributed by atoms with Crippen molar-refractivity contribution in [3.8, 4) is 0 Å². The van der Waals surface area contributed by atoms with Gasteiger partial charge in [-0.25, -0.2) is 0 Å². The van der Waals surface area contributed by atoms with Gasteiger partial charge in [0.15, 0.2) is 0 Å². The molecule has 0 radical (unpaired) electrons. The minimum Gasteiger partial charge on any atom is -0.356 e. The second-order valence-electron chi connectivity index (χ2n) is 4.44. The van der Waals surface area contributed by atoms with Crippen LogP contribution in [-0.2, 0) is 4.79 Å². The Hall–Kier alpha value is -0.570. The number of unbranched alkanes of at least 4 members (excludes halogenated alkanes) is 1. The minimum absolute atomic E-state index is 0.149. The monoisotopic (exact) mass is 198 g/mol. The van der Waals surface area contributed by atoms with Gasteiger partial charge in [-0.2, -0.15) is 0 Å². The van der Waals surface area contributed by atoms with Gasteiger partial charge in [0, 0.05) is 13.0 Å². The summed E-state index contributed by atoms with van der Waals surface area (Å²) in [5.41, 5.74) is 5.84. The zero-order valence-corrected chi connectivity index (χ0v) is 9.14. The Bertz CT molecular complexity index is 182. The number of nitrogens with two attached hydrogens (primary N) is 1. The van der Waals surface area contributed by atoms with Crippen molar-refractivity contribution < 1.29 is 4.79 Å². The van der Waals surface area contributed by atoms with Crippen LogP contribution in [0.1, 0.15) is 45.4 Å². The maximum Gasteiger partial charge on any atom is 0.220 e. The van der Waals surface area contributed by atoms with Crippen molar-refractivity contribution in [1.29, 1.82) is 0 Å². The highest BCUT2D eigenvalue weighted by molar-refractivity contribution is 5.76. The normalized spacial score (nSPS) is 18.7. The molecule has 1 saturated carbocycles. The molecule has 0 heterocycles. The lowest BCUT2D eigenvalue weighted by Crippen LogP contribution is -2.42. The topological polar surface area (TPSA) is 55.1 Å². The molecular formula is C11H22N2O. The van der Waals surface area contributed by atoms with Gasteiger partial charge < -0.3 is 11.1 Å². The molecule has 3 N–H and O–H groups in total. The largest absolute Gasteiger partial charge is 0.356 e. The molecule has 0 spiro atoms. The summed E-state index contributed by atoms with van der Waals surface area (Å²) < 4.78 is 0. The van der Waals surface area contributed by atoms with Crippen LogP contribution in [0.4, 0.5) is 0 Å². The molecular weight excluding hydrogens is 176 g/mol. The third-order valence-electron chi connectivity index (χ3n) is 3.24. The van der Waals surface area contributed by atoms with E-state index >= 15 is 0 Å². The second-order valence-corrected chi connectivity index (χ2v) is 4.44. The average molecular weight is 198 g/mol. The third-order valence-corrected chi connectivity index (χ3v) is 3.24. The maximum absolute atomic E-state index is 11.5. The lowest BCUT2D eigenvalue weighted by Gasteiger charge is -2.40. The number of amides is 1. The Labute approximate surface area is 86.4 Å². The molecule has 1 fully saturated rings. The van der Waals surface area contributed by atoms with E-state index in [1.807, 2.05) is 0 Å². The van der Waals surface area contributed by atoms with Crippen molar-refractivity contribution in [3.63, 3.8) is 0 Å². The van der Waals surface area contributed by atoms with E-state index < -0.39 is 0 Å². The summed E-state index contributed by atoms with van der Waals surface area (Å²) in [7, 11) is 0. The molecule has 0 aromatic carbocycles. The Kier molecular flexibility index (Phi) is 4.39. The standard InChI is InChI=1S/C11H22N2O/c1-2-3-7-13-10(14)8-11(9-12)5-4-6-11/h2-9,12H2,1H3,(H,13,14). The summed E-state index contributed by atoms with van der Waals surface area (Å²) in [6, 6.07) is 0. The van der Waals surface area contributed by atoms with Crippen LogP contribution in [0.5, 0.6) is 0 Å². The summed E-state index contributed by atoms with van der Waals surface area (Å²) in [5.74, 6) is 0.184. The Morgan fingerprint density at radius 3 is 2.64 bits per heavy atom.